The summed E-state index contributed by atoms with van der Waals surface area (Å²) in [6.45, 7) is 1.61. The minimum Gasteiger partial charge on any atom is -0.381 e. The normalized spacial score (nSPS) is 15.7. The molecule has 1 N–H and O–H groups in total. The zero-order valence-corrected chi connectivity index (χ0v) is 15.7. The van der Waals surface area contributed by atoms with Crippen molar-refractivity contribution in [1.29, 1.82) is 0 Å². The Labute approximate surface area is 164 Å². The first-order valence-corrected chi connectivity index (χ1v) is 9.55. The summed E-state index contributed by atoms with van der Waals surface area (Å²) in [6, 6.07) is 17.8. The Hall–Kier alpha value is -3.05. The molecule has 3 aromatic rings. The van der Waals surface area contributed by atoms with Gasteiger partial charge in [0.15, 0.2) is 0 Å². The van der Waals surface area contributed by atoms with Gasteiger partial charge in [-0.15, -0.1) is 0 Å². The fraction of sp³-hybridized carbons (Fsp3) is 0.261. The Balaban J connectivity index is 1.57. The second kappa shape index (κ2) is 8.31. The summed E-state index contributed by atoms with van der Waals surface area (Å²) in [5, 5.41) is 3.16. The summed E-state index contributed by atoms with van der Waals surface area (Å²) >= 11 is 0. The summed E-state index contributed by atoms with van der Waals surface area (Å²) in [6.07, 6.45) is 6.66. The third-order valence-corrected chi connectivity index (χ3v) is 5.37. The molecule has 5 nitrogen and oxygen atoms in total. The van der Waals surface area contributed by atoms with E-state index in [2.05, 4.69) is 15.3 Å². The minimum atomic E-state index is -0.545. The predicted molar refractivity (Wildman–Crippen MR) is 107 cm³/mol. The highest BCUT2D eigenvalue weighted by atomic mass is 16.5. The third kappa shape index (κ3) is 3.66. The number of ether oxygens (including phenoxy) is 1. The Bertz CT molecular complexity index is 923. The van der Waals surface area contributed by atoms with Crippen LogP contribution in [0.5, 0.6) is 0 Å². The Morgan fingerprint density at radius 3 is 2.54 bits per heavy atom. The van der Waals surface area contributed by atoms with E-state index in [0.717, 1.165) is 22.4 Å². The standard InChI is InChI=1S/C23H23N3O2/c27-22(23(10-14-28-15-11-23)20-8-2-1-3-9-20)26-17-19-7-5-13-25-21(19)18-6-4-12-24-16-18/h1-9,12-13,16H,10-11,14-15,17H2,(H,26,27). The highest BCUT2D eigenvalue weighted by Crippen LogP contribution is 2.35. The molecular weight excluding hydrogens is 350 g/mol. The first-order valence-electron chi connectivity index (χ1n) is 9.55. The number of amides is 1. The first-order chi connectivity index (χ1) is 13.8. The molecule has 0 bridgehead atoms. The summed E-state index contributed by atoms with van der Waals surface area (Å²) in [5.74, 6) is 0.0444. The average molecular weight is 373 g/mol. The quantitative estimate of drug-likeness (QED) is 0.743. The van der Waals surface area contributed by atoms with Gasteiger partial charge in [0.25, 0.3) is 0 Å². The second-order valence-electron chi connectivity index (χ2n) is 7.00. The van der Waals surface area contributed by atoms with Gasteiger partial charge in [0.05, 0.1) is 11.1 Å². The molecule has 0 aliphatic carbocycles. The molecule has 28 heavy (non-hydrogen) atoms. The summed E-state index contributed by atoms with van der Waals surface area (Å²) < 4.78 is 5.54. The first kappa shape index (κ1) is 18.3. The largest absolute Gasteiger partial charge is 0.381 e. The Kier molecular flexibility index (Phi) is 5.44. The van der Waals surface area contributed by atoms with Crippen molar-refractivity contribution in [2.45, 2.75) is 24.8 Å². The van der Waals surface area contributed by atoms with Crippen LogP contribution >= 0.6 is 0 Å². The molecule has 1 amide bonds. The van der Waals surface area contributed by atoms with E-state index in [1.807, 2.05) is 54.6 Å². The maximum atomic E-state index is 13.3. The zero-order valence-electron chi connectivity index (χ0n) is 15.7. The van der Waals surface area contributed by atoms with Gasteiger partial charge in [0.2, 0.25) is 5.91 Å². The molecule has 2 aromatic heterocycles. The molecule has 5 heteroatoms. The van der Waals surface area contributed by atoms with Gasteiger partial charge in [-0.3, -0.25) is 14.8 Å². The van der Waals surface area contributed by atoms with E-state index >= 15 is 0 Å². The summed E-state index contributed by atoms with van der Waals surface area (Å²) in [5.41, 5.74) is 3.26. The average Bonchev–Trinajstić information content (AvgIpc) is 2.79. The van der Waals surface area contributed by atoms with Gasteiger partial charge >= 0.3 is 0 Å². The summed E-state index contributed by atoms with van der Waals surface area (Å²) in [7, 11) is 0. The van der Waals surface area contributed by atoms with Crippen molar-refractivity contribution in [3.8, 4) is 11.3 Å². The van der Waals surface area contributed by atoms with Crippen LogP contribution in [0.2, 0.25) is 0 Å². The fourth-order valence-corrected chi connectivity index (χ4v) is 3.81. The van der Waals surface area contributed by atoms with Crippen LogP contribution in [0.25, 0.3) is 11.3 Å². The van der Waals surface area contributed by atoms with Crippen LogP contribution in [-0.4, -0.2) is 29.1 Å². The van der Waals surface area contributed by atoms with Crippen molar-refractivity contribution in [2.75, 3.05) is 13.2 Å². The van der Waals surface area contributed by atoms with E-state index < -0.39 is 5.41 Å². The van der Waals surface area contributed by atoms with Crippen molar-refractivity contribution in [2.24, 2.45) is 0 Å². The molecule has 1 saturated heterocycles. The lowest BCUT2D eigenvalue weighted by molar-refractivity contribution is -0.130. The molecule has 142 valence electrons. The molecule has 0 atom stereocenters. The number of carbonyl (C=O) groups is 1. The lowest BCUT2D eigenvalue weighted by Crippen LogP contribution is -2.47. The number of rotatable bonds is 5. The SMILES string of the molecule is O=C(NCc1cccnc1-c1cccnc1)C1(c2ccccc2)CCOCC1. The van der Waals surface area contributed by atoms with Gasteiger partial charge in [0.1, 0.15) is 0 Å². The number of carbonyl (C=O) groups excluding carboxylic acids is 1. The predicted octanol–water partition coefficient (Wildman–Crippen LogP) is 3.51. The van der Waals surface area contributed by atoms with Gasteiger partial charge in [-0.2, -0.15) is 0 Å². The molecule has 3 heterocycles. The third-order valence-electron chi connectivity index (χ3n) is 5.37. The van der Waals surface area contributed by atoms with Crippen molar-refractivity contribution >= 4 is 5.91 Å². The molecule has 0 unspecified atom stereocenters. The molecule has 0 spiro atoms. The number of nitrogens with zero attached hydrogens (tertiary/aromatic N) is 2. The second-order valence-corrected chi connectivity index (χ2v) is 7.00. The van der Waals surface area contributed by atoms with E-state index in [1.54, 1.807) is 18.6 Å². The molecule has 1 aliphatic rings. The van der Waals surface area contributed by atoms with Crippen molar-refractivity contribution in [3.05, 3.63) is 84.3 Å². The van der Waals surface area contributed by atoms with E-state index in [4.69, 9.17) is 4.74 Å². The highest BCUT2D eigenvalue weighted by molar-refractivity contribution is 5.88. The van der Waals surface area contributed by atoms with Gasteiger partial charge in [-0.1, -0.05) is 36.4 Å². The van der Waals surface area contributed by atoms with Crippen LogP contribution in [0.15, 0.2) is 73.2 Å². The van der Waals surface area contributed by atoms with Gasteiger partial charge in [-0.05, 0) is 42.2 Å². The van der Waals surface area contributed by atoms with Crippen molar-refractivity contribution in [1.82, 2.24) is 15.3 Å². The molecule has 1 aromatic carbocycles. The Morgan fingerprint density at radius 1 is 1.00 bits per heavy atom. The number of nitrogens with one attached hydrogen (secondary N) is 1. The zero-order chi connectivity index (χ0) is 19.2. The van der Waals surface area contributed by atoms with Crippen LogP contribution in [0.3, 0.4) is 0 Å². The molecular formula is C23H23N3O2. The molecule has 1 aliphatic heterocycles. The maximum Gasteiger partial charge on any atom is 0.231 e. The van der Waals surface area contributed by atoms with Gasteiger partial charge in [0, 0.05) is 43.9 Å². The number of aromatic nitrogens is 2. The van der Waals surface area contributed by atoms with Crippen molar-refractivity contribution in [3.63, 3.8) is 0 Å². The molecule has 1 fully saturated rings. The number of benzene rings is 1. The van der Waals surface area contributed by atoms with Crippen LogP contribution in [-0.2, 0) is 21.5 Å². The van der Waals surface area contributed by atoms with Crippen LogP contribution in [0, 0.1) is 0 Å². The van der Waals surface area contributed by atoms with E-state index in [-0.39, 0.29) is 5.91 Å². The van der Waals surface area contributed by atoms with Gasteiger partial charge in [-0.25, -0.2) is 0 Å². The van der Waals surface area contributed by atoms with Gasteiger partial charge < -0.3 is 10.1 Å². The lowest BCUT2D eigenvalue weighted by atomic mass is 9.73. The molecule has 0 saturated carbocycles. The van der Waals surface area contributed by atoms with E-state index in [9.17, 15) is 4.79 Å². The molecule has 0 radical (unpaired) electrons. The number of pyridine rings is 2. The molecule has 4 rings (SSSR count). The lowest BCUT2D eigenvalue weighted by Gasteiger charge is -2.36. The monoisotopic (exact) mass is 373 g/mol. The maximum absolute atomic E-state index is 13.3. The Morgan fingerprint density at radius 2 is 1.79 bits per heavy atom. The number of hydrogen-bond donors (Lipinski definition) is 1. The minimum absolute atomic E-state index is 0.0444. The topological polar surface area (TPSA) is 64.1 Å². The van der Waals surface area contributed by atoms with E-state index in [0.29, 0.717) is 32.6 Å². The summed E-state index contributed by atoms with van der Waals surface area (Å²) in [4.78, 5) is 22.0. The van der Waals surface area contributed by atoms with Crippen LogP contribution in [0.1, 0.15) is 24.0 Å². The van der Waals surface area contributed by atoms with E-state index in [1.165, 1.54) is 0 Å². The number of hydrogen-bond acceptors (Lipinski definition) is 4. The smallest absolute Gasteiger partial charge is 0.231 e. The highest BCUT2D eigenvalue weighted by Gasteiger charge is 2.41. The van der Waals surface area contributed by atoms with Crippen LogP contribution in [0.4, 0.5) is 0 Å². The fourth-order valence-electron chi connectivity index (χ4n) is 3.81. The van der Waals surface area contributed by atoms with Crippen molar-refractivity contribution < 1.29 is 9.53 Å². The van der Waals surface area contributed by atoms with Crippen LogP contribution < -0.4 is 5.32 Å².